The van der Waals surface area contributed by atoms with E-state index in [1.807, 2.05) is 6.92 Å². The summed E-state index contributed by atoms with van der Waals surface area (Å²) in [5.74, 6) is -0.0654. The van der Waals surface area contributed by atoms with Crippen LogP contribution in [0.1, 0.15) is 59.8 Å². The van der Waals surface area contributed by atoms with Gasteiger partial charge in [0.2, 0.25) is 0 Å². The first-order valence-electron chi connectivity index (χ1n) is 6.42. The zero-order chi connectivity index (χ0) is 12.4. The predicted molar refractivity (Wildman–Crippen MR) is 67.5 cm³/mol. The molecular weight excluding hydrogens is 202 g/mol. The summed E-state index contributed by atoms with van der Waals surface area (Å²) >= 11 is 0. The number of esters is 1. The van der Waals surface area contributed by atoms with Gasteiger partial charge in [-0.15, -0.1) is 0 Å². The number of carbonyl (C=O) groups excluding carboxylic acids is 1. The predicted octanol–water partition coefficient (Wildman–Crippen LogP) is 2.89. The Kier molecular flexibility index (Phi) is 8.26. The smallest absolute Gasteiger partial charge is 0.305 e. The van der Waals surface area contributed by atoms with Gasteiger partial charge < -0.3 is 10.1 Å². The van der Waals surface area contributed by atoms with E-state index in [2.05, 4.69) is 26.1 Å². The van der Waals surface area contributed by atoms with Crippen molar-refractivity contribution in [2.45, 2.75) is 65.3 Å². The summed E-state index contributed by atoms with van der Waals surface area (Å²) < 4.78 is 4.87. The van der Waals surface area contributed by atoms with Crippen LogP contribution in [-0.4, -0.2) is 24.7 Å². The second-order valence-electron chi connectivity index (χ2n) is 4.78. The molecule has 0 heterocycles. The van der Waals surface area contributed by atoms with Crippen molar-refractivity contribution < 1.29 is 9.53 Å². The van der Waals surface area contributed by atoms with Crippen LogP contribution in [-0.2, 0) is 9.53 Å². The van der Waals surface area contributed by atoms with E-state index in [1.54, 1.807) is 0 Å². The van der Waals surface area contributed by atoms with Crippen LogP contribution >= 0.6 is 0 Å². The SMILES string of the molecule is CCOC(=O)CCCCCNC(C)(C)CC. The van der Waals surface area contributed by atoms with Crippen molar-refractivity contribution >= 4 is 5.97 Å². The monoisotopic (exact) mass is 229 g/mol. The average molecular weight is 229 g/mol. The second-order valence-corrected chi connectivity index (χ2v) is 4.78. The molecule has 0 amide bonds. The first kappa shape index (κ1) is 15.4. The third-order valence-corrected chi connectivity index (χ3v) is 2.85. The lowest BCUT2D eigenvalue weighted by molar-refractivity contribution is -0.143. The van der Waals surface area contributed by atoms with E-state index in [9.17, 15) is 4.79 Å². The van der Waals surface area contributed by atoms with Gasteiger partial charge in [-0.05, 0) is 46.6 Å². The van der Waals surface area contributed by atoms with Crippen LogP contribution in [0.2, 0.25) is 0 Å². The van der Waals surface area contributed by atoms with Gasteiger partial charge in [-0.3, -0.25) is 4.79 Å². The number of unbranched alkanes of at least 4 members (excludes halogenated alkanes) is 2. The van der Waals surface area contributed by atoms with Crippen LogP contribution in [0.4, 0.5) is 0 Å². The maximum absolute atomic E-state index is 11.0. The number of hydrogen-bond donors (Lipinski definition) is 1. The minimum atomic E-state index is -0.0654. The molecule has 0 aromatic rings. The fourth-order valence-electron chi connectivity index (χ4n) is 1.36. The fourth-order valence-corrected chi connectivity index (χ4v) is 1.36. The molecule has 3 heteroatoms. The molecule has 0 radical (unpaired) electrons. The van der Waals surface area contributed by atoms with E-state index in [0.29, 0.717) is 13.0 Å². The Labute approximate surface area is 99.9 Å². The van der Waals surface area contributed by atoms with Gasteiger partial charge in [0.1, 0.15) is 0 Å². The molecule has 0 saturated heterocycles. The summed E-state index contributed by atoms with van der Waals surface area (Å²) in [4.78, 5) is 11.0. The number of ether oxygens (including phenoxy) is 1. The molecule has 96 valence electrons. The van der Waals surface area contributed by atoms with Gasteiger partial charge in [0.25, 0.3) is 0 Å². The highest BCUT2D eigenvalue weighted by atomic mass is 16.5. The van der Waals surface area contributed by atoms with Crippen LogP contribution in [0.15, 0.2) is 0 Å². The minimum Gasteiger partial charge on any atom is -0.466 e. The highest BCUT2D eigenvalue weighted by molar-refractivity contribution is 5.69. The number of rotatable bonds is 9. The van der Waals surface area contributed by atoms with Crippen LogP contribution in [0.3, 0.4) is 0 Å². The molecule has 0 aliphatic carbocycles. The molecule has 0 atom stereocenters. The summed E-state index contributed by atoms with van der Waals surface area (Å²) in [6, 6.07) is 0. The first-order valence-corrected chi connectivity index (χ1v) is 6.42. The van der Waals surface area contributed by atoms with Gasteiger partial charge in [0.05, 0.1) is 6.61 Å². The highest BCUT2D eigenvalue weighted by Gasteiger charge is 2.12. The van der Waals surface area contributed by atoms with Gasteiger partial charge in [0.15, 0.2) is 0 Å². The Morgan fingerprint density at radius 3 is 2.44 bits per heavy atom. The molecule has 1 N–H and O–H groups in total. The Morgan fingerprint density at radius 2 is 1.88 bits per heavy atom. The van der Waals surface area contributed by atoms with Crippen molar-refractivity contribution in [3.63, 3.8) is 0 Å². The third kappa shape index (κ3) is 8.72. The highest BCUT2D eigenvalue weighted by Crippen LogP contribution is 2.07. The normalized spacial score (nSPS) is 11.5. The minimum absolute atomic E-state index is 0.0654. The van der Waals surface area contributed by atoms with Gasteiger partial charge in [0, 0.05) is 12.0 Å². The van der Waals surface area contributed by atoms with Crippen LogP contribution < -0.4 is 5.32 Å². The Morgan fingerprint density at radius 1 is 1.19 bits per heavy atom. The number of hydrogen-bond acceptors (Lipinski definition) is 3. The second kappa shape index (κ2) is 8.57. The number of nitrogens with one attached hydrogen (secondary N) is 1. The van der Waals surface area contributed by atoms with Crippen molar-refractivity contribution in [3.8, 4) is 0 Å². The van der Waals surface area contributed by atoms with E-state index in [0.717, 1.165) is 32.2 Å². The first-order chi connectivity index (χ1) is 7.52. The Hall–Kier alpha value is -0.570. The van der Waals surface area contributed by atoms with E-state index < -0.39 is 0 Å². The van der Waals surface area contributed by atoms with Crippen LogP contribution in [0.5, 0.6) is 0 Å². The molecule has 0 aliphatic rings. The average Bonchev–Trinajstić information content (AvgIpc) is 2.23. The van der Waals surface area contributed by atoms with Gasteiger partial charge in [-0.25, -0.2) is 0 Å². The zero-order valence-corrected chi connectivity index (χ0v) is 11.3. The summed E-state index contributed by atoms with van der Waals surface area (Å²) in [7, 11) is 0. The largest absolute Gasteiger partial charge is 0.466 e. The van der Waals surface area contributed by atoms with Crippen molar-refractivity contribution in [3.05, 3.63) is 0 Å². The third-order valence-electron chi connectivity index (χ3n) is 2.85. The summed E-state index contributed by atoms with van der Waals surface area (Å²) in [6.07, 6.45) is 4.85. The maximum Gasteiger partial charge on any atom is 0.305 e. The molecule has 3 nitrogen and oxygen atoms in total. The number of carbonyl (C=O) groups is 1. The molecule has 0 saturated carbocycles. The van der Waals surface area contributed by atoms with E-state index in [1.165, 1.54) is 0 Å². The molecule has 0 aromatic carbocycles. The van der Waals surface area contributed by atoms with E-state index in [-0.39, 0.29) is 11.5 Å². The van der Waals surface area contributed by atoms with Crippen molar-refractivity contribution in [2.24, 2.45) is 0 Å². The molecule has 0 spiro atoms. The van der Waals surface area contributed by atoms with Crippen LogP contribution in [0.25, 0.3) is 0 Å². The molecule has 0 aliphatic heterocycles. The summed E-state index contributed by atoms with van der Waals surface area (Å²) in [5, 5.41) is 3.51. The summed E-state index contributed by atoms with van der Waals surface area (Å²) in [6.45, 7) is 9.98. The topological polar surface area (TPSA) is 38.3 Å². The maximum atomic E-state index is 11.0. The summed E-state index contributed by atoms with van der Waals surface area (Å²) in [5.41, 5.74) is 0.237. The molecule has 0 bridgehead atoms. The van der Waals surface area contributed by atoms with Crippen molar-refractivity contribution in [1.82, 2.24) is 5.32 Å². The molecular formula is C13H27NO2. The van der Waals surface area contributed by atoms with Crippen LogP contribution in [0, 0.1) is 0 Å². The Balaban J connectivity index is 3.31. The lowest BCUT2D eigenvalue weighted by atomic mass is 10.0. The van der Waals surface area contributed by atoms with Gasteiger partial charge in [-0.2, -0.15) is 0 Å². The fraction of sp³-hybridized carbons (Fsp3) is 0.923. The van der Waals surface area contributed by atoms with Gasteiger partial charge in [-0.1, -0.05) is 13.3 Å². The van der Waals surface area contributed by atoms with Gasteiger partial charge >= 0.3 is 5.97 Å². The standard InChI is InChI=1S/C13H27NO2/c1-5-13(3,4)14-11-9-7-8-10-12(15)16-6-2/h14H,5-11H2,1-4H3. The molecule has 0 rings (SSSR count). The molecule has 0 unspecified atom stereocenters. The lowest BCUT2D eigenvalue weighted by Crippen LogP contribution is -2.38. The van der Waals surface area contributed by atoms with Crippen molar-refractivity contribution in [2.75, 3.05) is 13.2 Å². The van der Waals surface area contributed by atoms with Crippen molar-refractivity contribution in [1.29, 1.82) is 0 Å². The Bertz CT molecular complexity index is 190. The lowest BCUT2D eigenvalue weighted by Gasteiger charge is -2.24. The molecule has 16 heavy (non-hydrogen) atoms. The molecule has 0 fully saturated rings. The molecule has 0 aromatic heterocycles. The van der Waals surface area contributed by atoms with E-state index >= 15 is 0 Å². The van der Waals surface area contributed by atoms with E-state index in [4.69, 9.17) is 4.74 Å². The quantitative estimate of drug-likeness (QED) is 0.488. The zero-order valence-electron chi connectivity index (χ0n) is 11.3.